The molecule has 3 atom stereocenters. The minimum absolute atomic E-state index is 0.0168. The second-order valence-corrected chi connectivity index (χ2v) is 9.46. The summed E-state index contributed by atoms with van der Waals surface area (Å²) in [5, 5.41) is 9.91. The highest BCUT2D eigenvalue weighted by atomic mass is 16.5. The third-order valence-corrected chi connectivity index (χ3v) is 6.61. The van der Waals surface area contributed by atoms with Crippen LogP contribution in [0.3, 0.4) is 0 Å². The molecule has 1 amide bonds. The molecule has 3 aromatic rings. The van der Waals surface area contributed by atoms with Crippen LogP contribution < -0.4 is 9.47 Å². The van der Waals surface area contributed by atoms with Gasteiger partial charge in [-0.25, -0.2) is 4.98 Å². The van der Waals surface area contributed by atoms with Crippen molar-refractivity contribution in [3.8, 4) is 22.8 Å². The van der Waals surface area contributed by atoms with Crippen LogP contribution in [0.4, 0.5) is 0 Å². The van der Waals surface area contributed by atoms with Crippen LogP contribution in [0, 0.1) is 5.92 Å². The lowest BCUT2D eigenvalue weighted by Gasteiger charge is -2.37. The SMILES string of the molecule is COc1ccccc1-c1cnc2c(c1)C(=O)N([C@@H](C)CO)C[C@@H](C)[C@H](CN(C)Cc1cccnc1)O2. The maximum atomic E-state index is 13.7. The summed E-state index contributed by atoms with van der Waals surface area (Å²) >= 11 is 0. The summed E-state index contributed by atoms with van der Waals surface area (Å²) < 4.78 is 11.9. The van der Waals surface area contributed by atoms with Crippen molar-refractivity contribution < 1.29 is 19.4 Å². The lowest BCUT2D eigenvalue weighted by Crippen LogP contribution is -2.49. The average molecular weight is 491 g/mol. The summed E-state index contributed by atoms with van der Waals surface area (Å²) in [6.45, 7) is 5.63. The molecule has 1 N–H and O–H groups in total. The van der Waals surface area contributed by atoms with E-state index in [1.165, 1.54) is 0 Å². The van der Waals surface area contributed by atoms with E-state index in [1.54, 1.807) is 24.4 Å². The number of aliphatic hydroxyl groups is 1. The fraction of sp³-hybridized carbons (Fsp3) is 0.393. The van der Waals surface area contributed by atoms with Crippen molar-refractivity contribution in [3.05, 3.63) is 72.2 Å². The summed E-state index contributed by atoms with van der Waals surface area (Å²) in [7, 11) is 3.66. The predicted octanol–water partition coefficient (Wildman–Crippen LogP) is 3.50. The third kappa shape index (κ3) is 5.66. The molecule has 8 nitrogen and oxygen atoms in total. The molecule has 0 spiro atoms. The molecule has 0 unspecified atom stereocenters. The molecule has 190 valence electrons. The number of hydrogen-bond donors (Lipinski definition) is 1. The molecule has 0 radical (unpaired) electrons. The van der Waals surface area contributed by atoms with Gasteiger partial charge in [-0.1, -0.05) is 31.2 Å². The number of carbonyl (C=O) groups is 1. The molecule has 36 heavy (non-hydrogen) atoms. The first-order valence-electron chi connectivity index (χ1n) is 12.2. The second-order valence-electron chi connectivity index (χ2n) is 9.46. The number of aliphatic hydroxyl groups excluding tert-OH is 1. The standard InChI is InChI=1S/C28H34N4O4/c1-19-15-32(20(2)18-33)28(34)24-12-22(23-9-5-6-10-25(23)35-4)14-30-27(24)36-26(19)17-31(3)16-21-8-7-11-29-13-21/h5-14,19-20,26,33H,15-18H2,1-4H3/t19-,20+,26+/m1/s1. The molecular formula is C28H34N4O4. The number of ether oxygens (including phenoxy) is 2. The van der Waals surface area contributed by atoms with Gasteiger partial charge in [-0.3, -0.25) is 14.7 Å². The summed E-state index contributed by atoms with van der Waals surface area (Å²) in [5.41, 5.74) is 3.10. The Kier molecular flexibility index (Phi) is 8.18. The number of para-hydroxylation sites is 1. The molecule has 1 aliphatic heterocycles. The number of rotatable bonds is 8. The van der Waals surface area contributed by atoms with Gasteiger partial charge in [0.05, 0.1) is 19.8 Å². The van der Waals surface area contributed by atoms with Crippen LogP contribution in [0.5, 0.6) is 11.6 Å². The Morgan fingerprint density at radius 1 is 1.22 bits per heavy atom. The molecular weight excluding hydrogens is 456 g/mol. The van der Waals surface area contributed by atoms with Crippen LogP contribution in [0.25, 0.3) is 11.1 Å². The van der Waals surface area contributed by atoms with Crippen LogP contribution in [0.1, 0.15) is 29.8 Å². The van der Waals surface area contributed by atoms with Gasteiger partial charge in [0.15, 0.2) is 0 Å². The number of fused-ring (bicyclic) bond motifs is 1. The van der Waals surface area contributed by atoms with Gasteiger partial charge in [0.25, 0.3) is 5.91 Å². The number of amides is 1. The number of carbonyl (C=O) groups excluding carboxylic acids is 1. The van der Waals surface area contributed by atoms with Crippen LogP contribution in [0.2, 0.25) is 0 Å². The second kappa shape index (κ2) is 11.5. The highest BCUT2D eigenvalue weighted by molar-refractivity contribution is 5.98. The molecule has 0 aliphatic carbocycles. The number of likely N-dealkylation sites (N-methyl/N-ethyl adjacent to an activating group) is 1. The van der Waals surface area contributed by atoms with Gasteiger partial charge in [-0.2, -0.15) is 0 Å². The lowest BCUT2D eigenvalue weighted by atomic mass is 9.99. The highest BCUT2D eigenvalue weighted by Crippen LogP contribution is 2.34. The van der Waals surface area contributed by atoms with E-state index in [4.69, 9.17) is 9.47 Å². The third-order valence-electron chi connectivity index (χ3n) is 6.61. The molecule has 2 aromatic heterocycles. The zero-order valence-corrected chi connectivity index (χ0v) is 21.3. The van der Waals surface area contributed by atoms with E-state index in [0.717, 1.165) is 23.2 Å². The van der Waals surface area contributed by atoms with E-state index in [0.29, 0.717) is 30.3 Å². The number of benzene rings is 1. The van der Waals surface area contributed by atoms with Gasteiger partial charge in [0.1, 0.15) is 17.4 Å². The Balaban J connectivity index is 1.68. The van der Waals surface area contributed by atoms with E-state index in [2.05, 4.69) is 21.8 Å². The van der Waals surface area contributed by atoms with Crippen molar-refractivity contribution in [1.82, 2.24) is 19.8 Å². The van der Waals surface area contributed by atoms with Crippen LogP contribution >= 0.6 is 0 Å². The Morgan fingerprint density at radius 2 is 2.03 bits per heavy atom. The zero-order chi connectivity index (χ0) is 25.7. The monoisotopic (exact) mass is 490 g/mol. The first kappa shape index (κ1) is 25.6. The molecule has 4 rings (SSSR count). The van der Waals surface area contributed by atoms with Gasteiger partial charge >= 0.3 is 0 Å². The minimum atomic E-state index is -0.338. The van der Waals surface area contributed by atoms with Crippen LogP contribution in [0.15, 0.2) is 61.1 Å². The first-order valence-corrected chi connectivity index (χ1v) is 12.2. The Morgan fingerprint density at radius 3 is 2.75 bits per heavy atom. The molecule has 3 heterocycles. The van der Waals surface area contributed by atoms with E-state index in [1.807, 2.05) is 62.6 Å². The Hall–Kier alpha value is -3.49. The Labute approximate surface area is 212 Å². The van der Waals surface area contributed by atoms with E-state index in [9.17, 15) is 9.90 Å². The molecule has 0 saturated heterocycles. The summed E-state index contributed by atoms with van der Waals surface area (Å²) in [4.78, 5) is 26.4. The number of pyridine rings is 2. The van der Waals surface area contributed by atoms with Crippen LogP contribution in [-0.2, 0) is 6.54 Å². The topological polar surface area (TPSA) is 88.0 Å². The minimum Gasteiger partial charge on any atom is -0.496 e. The summed E-state index contributed by atoms with van der Waals surface area (Å²) in [5.74, 6) is 0.815. The predicted molar refractivity (Wildman–Crippen MR) is 138 cm³/mol. The number of methoxy groups -OCH3 is 1. The largest absolute Gasteiger partial charge is 0.496 e. The van der Waals surface area contributed by atoms with Crippen LogP contribution in [-0.4, -0.2) is 76.8 Å². The number of aromatic nitrogens is 2. The van der Waals surface area contributed by atoms with Crippen molar-refractivity contribution in [1.29, 1.82) is 0 Å². The normalized spacial score (nSPS) is 18.7. The van der Waals surface area contributed by atoms with Gasteiger partial charge in [0, 0.05) is 55.3 Å². The van der Waals surface area contributed by atoms with Gasteiger partial charge < -0.3 is 19.5 Å². The first-order chi connectivity index (χ1) is 17.4. The average Bonchev–Trinajstić information content (AvgIpc) is 2.90. The van der Waals surface area contributed by atoms with Crippen molar-refractivity contribution in [2.24, 2.45) is 5.92 Å². The number of nitrogens with zero attached hydrogens (tertiary/aromatic N) is 4. The van der Waals surface area contributed by atoms with Gasteiger partial charge in [0.2, 0.25) is 5.88 Å². The van der Waals surface area contributed by atoms with E-state index in [-0.39, 0.29) is 30.6 Å². The maximum Gasteiger partial charge on any atom is 0.259 e. The summed E-state index contributed by atoms with van der Waals surface area (Å²) in [6.07, 6.45) is 5.13. The maximum absolute atomic E-state index is 13.7. The molecule has 0 saturated carbocycles. The molecule has 8 heteroatoms. The fourth-order valence-corrected chi connectivity index (χ4v) is 4.53. The lowest BCUT2D eigenvalue weighted by molar-refractivity contribution is 0.0325. The molecule has 1 aliphatic rings. The van der Waals surface area contributed by atoms with Gasteiger partial charge in [-0.15, -0.1) is 0 Å². The van der Waals surface area contributed by atoms with Gasteiger partial charge in [-0.05, 0) is 37.7 Å². The van der Waals surface area contributed by atoms with Crippen molar-refractivity contribution in [2.45, 2.75) is 32.5 Å². The van der Waals surface area contributed by atoms with E-state index >= 15 is 0 Å². The van der Waals surface area contributed by atoms with Crippen molar-refractivity contribution in [3.63, 3.8) is 0 Å². The number of hydrogen-bond acceptors (Lipinski definition) is 7. The Bertz CT molecular complexity index is 1170. The van der Waals surface area contributed by atoms with E-state index < -0.39 is 0 Å². The highest BCUT2D eigenvalue weighted by Gasteiger charge is 2.34. The molecule has 0 fully saturated rings. The molecule has 1 aromatic carbocycles. The smallest absolute Gasteiger partial charge is 0.259 e. The molecule has 0 bridgehead atoms. The summed E-state index contributed by atoms with van der Waals surface area (Å²) in [6, 6.07) is 13.1. The fourth-order valence-electron chi connectivity index (χ4n) is 4.53. The quantitative estimate of drug-likeness (QED) is 0.517. The van der Waals surface area contributed by atoms with Crippen molar-refractivity contribution >= 4 is 5.91 Å². The zero-order valence-electron chi connectivity index (χ0n) is 21.3. The van der Waals surface area contributed by atoms with Crippen molar-refractivity contribution in [2.75, 3.05) is 33.9 Å².